The number of nitrogens with one attached hydrogen (secondary N) is 1. The Morgan fingerprint density at radius 3 is 2.63 bits per heavy atom. The number of aromatic nitrogens is 2. The van der Waals surface area contributed by atoms with Gasteiger partial charge in [0.05, 0.1) is 10.6 Å². The third kappa shape index (κ3) is 5.91. The minimum atomic E-state index is -0.367. The van der Waals surface area contributed by atoms with Crippen molar-refractivity contribution in [3.05, 3.63) is 57.4 Å². The van der Waals surface area contributed by atoms with E-state index in [4.69, 9.17) is 0 Å². The van der Waals surface area contributed by atoms with Crippen LogP contribution in [0.4, 0.5) is 5.69 Å². The van der Waals surface area contributed by atoms with Crippen molar-refractivity contribution in [1.82, 2.24) is 20.0 Å². The third-order valence-corrected chi connectivity index (χ3v) is 4.09. The predicted molar refractivity (Wildman–Crippen MR) is 117 cm³/mol. The number of aryl methyl sites for hydroxylation is 1. The van der Waals surface area contributed by atoms with E-state index in [0.717, 1.165) is 11.3 Å². The molecule has 0 aliphatic rings. The van der Waals surface area contributed by atoms with Gasteiger partial charge in [0.15, 0.2) is 5.96 Å². The van der Waals surface area contributed by atoms with Crippen LogP contribution in [0.25, 0.3) is 0 Å². The topological polar surface area (TPSA) is 88.6 Å². The van der Waals surface area contributed by atoms with Crippen molar-refractivity contribution in [3.8, 4) is 0 Å². The third-order valence-electron chi connectivity index (χ3n) is 4.09. The lowest BCUT2D eigenvalue weighted by molar-refractivity contribution is -0.385. The Morgan fingerprint density at radius 1 is 1.37 bits per heavy atom. The fraction of sp³-hybridized carbons (Fsp3) is 0.444. The highest BCUT2D eigenvalue weighted by Gasteiger charge is 2.16. The number of rotatable bonds is 6. The van der Waals surface area contributed by atoms with Crippen LogP contribution in [-0.2, 0) is 20.1 Å². The molecule has 0 fully saturated rings. The molecule has 0 aliphatic heterocycles. The van der Waals surface area contributed by atoms with E-state index >= 15 is 0 Å². The normalized spacial score (nSPS) is 11.3. The molecule has 2 rings (SSSR count). The summed E-state index contributed by atoms with van der Waals surface area (Å²) in [7, 11) is 5.55. The first kappa shape index (κ1) is 22.9. The number of halogens is 1. The minimum absolute atomic E-state index is 0. The smallest absolute Gasteiger partial charge is 0.274 e. The molecule has 1 heterocycles. The number of benzene rings is 1. The van der Waals surface area contributed by atoms with Crippen molar-refractivity contribution in [3.63, 3.8) is 0 Å². The van der Waals surface area contributed by atoms with E-state index < -0.39 is 0 Å². The van der Waals surface area contributed by atoms with E-state index in [0.29, 0.717) is 30.5 Å². The van der Waals surface area contributed by atoms with Gasteiger partial charge in [0.1, 0.15) is 0 Å². The SMILES string of the molecule is CN=C(NCc1ccccc1[N+](=O)[O-])N(C)Cc1cn(C)nc1C(C)C.I. The summed E-state index contributed by atoms with van der Waals surface area (Å²) < 4.78 is 1.82. The summed E-state index contributed by atoms with van der Waals surface area (Å²) in [6.07, 6.45) is 2.02. The fourth-order valence-electron chi connectivity index (χ4n) is 2.89. The number of hydrogen-bond acceptors (Lipinski definition) is 4. The molecule has 1 N–H and O–H groups in total. The van der Waals surface area contributed by atoms with Gasteiger partial charge in [0.2, 0.25) is 0 Å². The van der Waals surface area contributed by atoms with Gasteiger partial charge in [-0.2, -0.15) is 5.10 Å². The van der Waals surface area contributed by atoms with E-state index in [1.807, 2.05) is 29.9 Å². The highest BCUT2D eigenvalue weighted by Crippen LogP contribution is 2.19. The molecular formula is C18H27IN6O2. The van der Waals surface area contributed by atoms with E-state index in [2.05, 4.69) is 29.3 Å². The maximum absolute atomic E-state index is 11.1. The molecule has 0 spiro atoms. The molecule has 27 heavy (non-hydrogen) atoms. The molecule has 0 unspecified atom stereocenters. The molecule has 0 saturated carbocycles. The van der Waals surface area contributed by atoms with E-state index in [-0.39, 0.29) is 34.6 Å². The van der Waals surface area contributed by atoms with Crippen LogP contribution in [0, 0.1) is 10.1 Å². The van der Waals surface area contributed by atoms with Gasteiger partial charge in [0, 0.05) is 57.6 Å². The Bertz CT molecular complexity index is 803. The molecule has 0 aliphatic carbocycles. The number of nitrogens with zero attached hydrogens (tertiary/aromatic N) is 5. The van der Waals surface area contributed by atoms with Crippen LogP contribution in [0.1, 0.15) is 36.6 Å². The van der Waals surface area contributed by atoms with Gasteiger partial charge in [-0.3, -0.25) is 19.8 Å². The first-order chi connectivity index (χ1) is 12.3. The second-order valence-corrected chi connectivity index (χ2v) is 6.51. The zero-order valence-electron chi connectivity index (χ0n) is 16.3. The Labute approximate surface area is 176 Å². The zero-order valence-corrected chi connectivity index (χ0v) is 18.7. The van der Waals surface area contributed by atoms with Gasteiger partial charge in [-0.1, -0.05) is 32.0 Å². The Hall–Kier alpha value is -2.17. The van der Waals surface area contributed by atoms with Crippen LogP contribution < -0.4 is 5.32 Å². The van der Waals surface area contributed by atoms with Crippen LogP contribution >= 0.6 is 24.0 Å². The summed E-state index contributed by atoms with van der Waals surface area (Å²) in [4.78, 5) is 17.0. The molecule has 0 radical (unpaired) electrons. The number of guanidine groups is 1. The fourth-order valence-corrected chi connectivity index (χ4v) is 2.89. The number of para-hydroxylation sites is 1. The molecule has 1 aromatic carbocycles. The predicted octanol–water partition coefficient (Wildman–Crippen LogP) is 3.28. The van der Waals surface area contributed by atoms with Crippen LogP contribution in [0.2, 0.25) is 0 Å². The second kappa shape index (κ2) is 10.2. The van der Waals surface area contributed by atoms with Crippen molar-refractivity contribution in [2.75, 3.05) is 14.1 Å². The monoisotopic (exact) mass is 486 g/mol. The Kier molecular flexibility index (Phi) is 8.67. The molecular weight excluding hydrogens is 459 g/mol. The minimum Gasteiger partial charge on any atom is -0.352 e. The highest BCUT2D eigenvalue weighted by molar-refractivity contribution is 14.0. The molecule has 1 aromatic heterocycles. The molecule has 0 atom stereocenters. The molecule has 0 saturated heterocycles. The largest absolute Gasteiger partial charge is 0.352 e. The molecule has 0 amide bonds. The number of hydrogen-bond donors (Lipinski definition) is 1. The Morgan fingerprint density at radius 2 is 2.04 bits per heavy atom. The maximum Gasteiger partial charge on any atom is 0.274 e. The molecule has 2 aromatic rings. The maximum atomic E-state index is 11.1. The van der Waals surface area contributed by atoms with Crippen molar-refractivity contribution < 1.29 is 4.92 Å². The first-order valence-electron chi connectivity index (χ1n) is 8.50. The van der Waals surface area contributed by atoms with Crippen LogP contribution in [-0.4, -0.2) is 39.7 Å². The quantitative estimate of drug-likeness (QED) is 0.223. The molecule has 148 valence electrons. The van der Waals surface area contributed by atoms with Crippen molar-refractivity contribution >= 4 is 35.6 Å². The highest BCUT2D eigenvalue weighted by atomic mass is 127. The van der Waals surface area contributed by atoms with Gasteiger partial charge in [-0.25, -0.2) is 0 Å². The van der Waals surface area contributed by atoms with Crippen LogP contribution in [0.5, 0.6) is 0 Å². The lowest BCUT2D eigenvalue weighted by atomic mass is 10.1. The average molecular weight is 486 g/mol. The van der Waals surface area contributed by atoms with Crippen molar-refractivity contribution in [1.29, 1.82) is 0 Å². The van der Waals surface area contributed by atoms with Crippen LogP contribution in [0.3, 0.4) is 0 Å². The summed E-state index contributed by atoms with van der Waals surface area (Å²) in [6, 6.07) is 6.71. The van der Waals surface area contributed by atoms with Gasteiger partial charge >= 0.3 is 0 Å². The lowest BCUT2D eigenvalue weighted by Gasteiger charge is -2.22. The van der Waals surface area contributed by atoms with E-state index in [1.165, 1.54) is 6.07 Å². The second-order valence-electron chi connectivity index (χ2n) is 6.51. The summed E-state index contributed by atoms with van der Waals surface area (Å²) >= 11 is 0. The van der Waals surface area contributed by atoms with Gasteiger partial charge in [0.25, 0.3) is 5.69 Å². The zero-order chi connectivity index (χ0) is 19.3. The molecule has 0 bridgehead atoms. The summed E-state index contributed by atoms with van der Waals surface area (Å²) in [6.45, 7) is 5.22. The van der Waals surface area contributed by atoms with Crippen molar-refractivity contribution in [2.45, 2.75) is 32.9 Å². The average Bonchev–Trinajstić information content (AvgIpc) is 2.96. The summed E-state index contributed by atoms with van der Waals surface area (Å²) in [5, 5.41) is 18.9. The molecule has 8 nitrogen and oxygen atoms in total. The van der Waals surface area contributed by atoms with E-state index in [1.54, 1.807) is 25.2 Å². The first-order valence-corrected chi connectivity index (χ1v) is 8.50. The lowest BCUT2D eigenvalue weighted by Crippen LogP contribution is -2.38. The van der Waals surface area contributed by atoms with Gasteiger partial charge in [-0.05, 0) is 5.92 Å². The number of nitro groups is 1. The standard InChI is InChI=1S/C18H26N6O2.HI/c1-13(2)17-15(12-23(5)21-17)11-22(4)18(19-3)20-10-14-8-6-7-9-16(14)24(25)26;/h6-9,12-13H,10-11H2,1-5H3,(H,19,20);1H. The van der Waals surface area contributed by atoms with Gasteiger partial charge in [-0.15, -0.1) is 24.0 Å². The van der Waals surface area contributed by atoms with Crippen LogP contribution in [0.15, 0.2) is 35.5 Å². The van der Waals surface area contributed by atoms with Crippen molar-refractivity contribution in [2.24, 2.45) is 12.0 Å². The summed E-state index contributed by atoms with van der Waals surface area (Å²) in [5.41, 5.74) is 2.93. The Balaban J connectivity index is 0.00000364. The van der Waals surface area contributed by atoms with Gasteiger partial charge < -0.3 is 10.2 Å². The number of nitro benzene ring substituents is 1. The number of aliphatic imine (C=N–C) groups is 1. The van der Waals surface area contributed by atoms with E-state index in [9.17, 15) is 10.1 Å². The molecule has 9 heteroatoms. The summed E-state index contributed by atoms with van der Waals surface area (Å²) in [5.74, 6) is 1.00.